The number of fused-ring (bicyclic) bond motifs is 1. The molecule has 3 rings (SSSR count). The molecule has 2 aromatic heterocycles. The summed E-state index contributed by atoms with van der Waals surface area (Å²) in [4.78, 5) is 17.2. The lowest BCUT2D eigenvalue weighted by Gasteiger charge is -2.12. The number of nitrogens with one attached hydrogen (secondary N) is 1. The van der Waals surface area contributed by atoms with Gasteiger partial charge in [-0.2, -0.15) is 5.26 Å². The fourth-order valence-corrected chi connectivity index (χ4v) is 3.53. The highest BCUT2D eigenvalue weighted by Crippen LogP contribution is 2.20. The molecule has 0 unspecified atom stereocenters. The topological polar surface area (TPSA) is 75.6 Å². The number of nitrogens with zero attached hydrogens (tertiary/aromatic N) is 4. The molecular weight excluding hydrogens is 362 g/mol. The summed E-state index contributed by atoms with van der Waals surface area (Å²) in [5, 5.41) is 12.4. The number of carbonyl (C=O) groups is 1. The van der Waals surface area contributed by atoms with Gasteiger partial charge in [-0.15, -0.1) is 0 Å². The third kappa shape index (κ3) is 4.24. The summed E-state index contributed by atoms with van der Waals surface area (Å²) in [6.07, 6.45) is 1.67. The number of nitriles is 1. The molecule has 0 aliphatic heterocycles. The Morgan fingerprint density at radius 2 is 2.03 bits per heavy atom. The lowest BCUT2D eigenvalue weighted by Crippen LogP contribution is -2.25. The fourth-order valence-electron chi connectivity index (χ4n) is 3.53. The van der Waals surface area contributed by atoms with Gasteiger partial charge in [-0.3, -0.25) is 4.79 Å². The lowest BCUT2D eigenvalue weighted by atomic mass is 10.1. The zero-order valence-corrected chi connectivity index (χ0v) is 17.7. The molecule has 6 nitrogen and oxygen atoms in total. The molecule has 2 heterocycles. The molecule has 0 radical (unpaired) electrons. The van der Waals surface area contributed by atoms with Crippen molar-refractivity contribution in [3.63, 3.8) is 0 Å². The second-order valence-electron chi connectivity index (χ2n) is 7.76. The number of amides is 1. The Bertz CT molecular complexity index is 1120. The van der Waals surface area contributed by atoms with Gasteiger partial charge < -0.3 is 14.5 Å². The van der Waals surface area contributed by atoms with E-state index < -0.39 is 5.91 Å². The van der Waals surface area contributed by atoms with Crippen LogP contribution in [-0.2, 0) is 24.9 Å². The summed E-state index contributed by atoms with van der Waals surface area (Å²) in [6.45, 7) is 9.58. The van der Waals surface area contributed by atoms with E-state index in [1.165, 1.54) is 0 Å². The number of aromatic nitrogens is 3. The first-order valence-electron chi connectivity index (χ1n) is 9.78. The molecule has 0 saturated carbocycles. The molecule has 0 atom stereocenters. The van der Waals surface area contributed by atoms with Crippen molar-refractivity contribution in [2.75, 3.05) is 0 Å². The molecule has 0 bridgehead atoms. The predicted octanol–water partition coefficient (Wildman–Crippen LogP) is 3.87. The molecular formula is C23H27N5O. The number of hydrogen-bond donors (Lipinski definition) is 1. The molecule has 29 heavy (non-hydrogen) atoms. The van der Waals surface area contributed by atoms with E-state index >= 15 is 0 Å². The van der Waals surface area contributed by atoms with Crippen LogP contribution in [0.2, 0.25) is 0 Å². The molecule has 0 spiro atoms. The SMILES string of the molecule is Cc1cc(/C=C(/C#N)C(=O)NCc2nc3ccccc3n2C)c(C)n1CC(C)C. The van der Waals surface area contributed by atoms with E-state index in [9.17, 15) is 10.1 Å². The number of benzene rings is 1. The molecule has 0 aliphatic rings. The van der Waals surface area contributed by atoms with E-state index in [0.29, 0.717) is 5.92 Å². The highest BCUT2D eigenvalue weighted by Gasteiger charge is 2.15. The highest BCUT2D eigenvalue weighted by molar-refractivity contribution is 6.01. The van der Waals surface area contributed by atoms with Crippen LogP contribution in [0.25, 0.3) is 17.1 Å². The largest absolute Gasteiger partial charge is 0.348 e. The maximum absolute atomic E-state index is 12.6. The van der Waals surface area contributed by atoms with Gasteiger partial charge in [0.05, 0.1) is 17.6 Å². The second kappa shape index (κ2) is 8.36. The Labute approximate surface area is 171 Å². The van der Waals surface area contributed by atoms with Crippen LogP contribution in [0.4, 0.5) is 0 Å². The molecule has 6 heteroatoms. The molecule has 3 aromatic rings. The van der Waals surface area contributed by atoms with Crippen molar-refractivity contribution in [1.29, 1.82) is 5.26 Å². The Balaban J connectivity index is 1.78. The first-order valence-corrected chi connectivity index (χ1v) is 9.78. The summed E-state index contributed by atoms with van der Waals surface area (Å²) in [7, 11) is 1.92. The average molecular weight is 390 g/mol. The Kier molecular flexibility index (Phi) is 5.88. The quantitative estimate of drug-likeness (QED) is 0.514. The van der Waals surface area contributed by atoms with E-state index in [1.54, 1.807) is 6.08 Å². The summed E-state index contributed by atoms with van der Waals surface area (Å²) in [6, 6.07) is 11.9. The van der Waals surface area contributed by atoms with Crippen LogP contribution in [0.5, 0.6) is 0 Å². The van der Waals surface area contributed by atoms with Gasteiger partial charge in [0.2, 0.25) is 0 Å². The van der Waals surface area contributed by atoms with Crippen LogP contribution in [0.3, 0.4) is 0 Å². The monoisotopic (exact) mass is 389 g/mol. The number of imidazole rings is 1. The van der Waals surface area contributed by atoms with Crippen molar-refractivity contribution in [1.82, 2.24) is 19.4 Å². The van der Waals surface area contributed by atoms with Crippen molar-refractivity contribution in [2.45, 2.75) is 40.8 Å². The van der Waals surface area contributed by atoms with Gasteiger partial charge in [0.1, 0.15) is 17.5 Å². The van der Waals surface area contributed by atoms with Crippen molar-refractivity contribution in [2.24, 2.45) is 13.0 Å². The Morgan fingerprint density at radius 1 is 1.31 bits per heavy atom. The van der Waals surface area contributed by atoms with Crippen LogP contribution >= 0.6 is 0 Å². The number of para-hydroxylation sites is 2. The van der Waals surface area contributed by atoms with Gasteiger partial charge >= 0.3 is 0 Å². The van der Waals surface area contributed by atoms with Gasteiger partial charge in [0.25, 0.3) is 5.91 Å². The summed E-state index contributed by atoms with van der Waals surface area (Å²) < 4.78 is 4.17. The van der Waals surface area contributed by atoms with Crippen LogP contribution in [-0.4, -0.2) is 20.0 Å². The van der Waals surface area contributed by atoms with E-state index in [1.807, 2.05) is 61.9 Å². The standard InChI is InChI=1S/C23H27N5O/c1-15(2)14-28-16(3)10-18(17(28)4)11-19(12-24)23(29)25-13-22-26-20-8-6-7-9-21(20)27(22)5/h6-11,15H,13-14H2,1-5H3,(H,25,29)/b19-11-. The van der Waals surface area contributed by atoms with Crippen molar-refractivity contribution in [3.8, 4) is 6.07 Å². The molecule has 0 aliphatic carbocycles. The van der Waals surface area contributed by atoms with Crippen LogP contribution < -0.4 is 5.32 Å². The zero-order chi connectivity index (χ0) is 21.1. The van der Waals surface area contributed by atoms with Crippen molar-refractivity contribution < 1.29 is 4.79 Å². The predicted molar refractivity (Wildman–Crippen MR) is 115 cm³/mol. The van der Waals surface area contributed by atoms with Gasteiger partial charge in [0, 0.05) is 25.0 Å². The van der Waals surface area contributed by atoms with Gasteiger partial charge in [-0.25, -0.2) is 4.98 Å². The zero-order valence-electron chi connectivity index (χ0n) is 17.7. The maximum atomic E-state index is 12.6. The minimum atomic E-state index is -0.395. The van der Waals surface area contributed by atoms with Crippen molar-refractivity contribution >= 4 is 23.0 Å². The Hall–Kier alpha value is -3.33. The first kappa shape index (κ1) is 20.4. The molecule has 0 saturated heterocycles. The van der Waals surface area contributed by atoms with Crippen LogP contribution in [0.15, 0.2) is 35.9 Å². The first-order chi connectivity index (χ1) is 13.8. The number of hydrogen-bond acceptors (Lipinski definition) is 3. The van der Waals surface area contributed by atoms with Gasteiger partial charge in [0.15, 0.2) is 0 Å². The van der Waals surface area contributed by atoms with Gasteiger partial charge in [-0.1, -0.05) is 26.0 Å². The molecule has 150 valence electrons. The minimum absolute atomic E-state index is 0.0913. The summed E-state index contributed by atoms with van der Waals surface area (Å²) in [5.74, 6) is 0.865. The number of rotatable bonds is 6. The third-order valence-corrected chi connectivity index (χ3v) is 5.11. The molecule has 1 N–H and O–H groups in total. The Morgan fingerprint density at radius 3 is 2.69 bits per heavy atom. The van der Waals surface area contributed by atoms with E-state index in [4.69, 9.17) is 0 Å². The average Bonchev–Trinajstić information content (AvgIpc) is 3.15. The smallest absolute Gasteiger partial charge is 0.262 e. The number of aryl methyl sites for hydroxylation is 2. The molecule has 0 fully saturated rings. The fraction of sp³-hybridized carbons (Fsp3) is 0.348. The van der Waals surface area contributed by atoms with E-state index in [2.05, 4.69) is 28.7 Å². The third-order valence-electron chi connectivity index (χ3n) is 5.11. The van der Waals surface area contributed by atoms with E-state index in [0.717, 1.165) is 40.4 Å². The minimum Gasteiger partial charge on any atom is -0.348 e. The van der Waals surface area contributed by atoms with Crippen molar-refractivity contribution in [3.05, 3.63) is 58.7 Å². The van der Waals surface area contributed by atoms with Crippen LogP contribution in [0.1, 0.15) is 36.6 Å². The van der Waals surface area contributed by atoms with Crippen LogP contribution in [0, 0.1) is 31.1 Å². The molecule has 1 amide bonds. The highest BCUT2D eigenvalue weighted by atomic mass is 16.1. The summed E-state index contributed by atoms with van der Waals surface area (Å²) >= 11 is 0. The second-order valence-corrected chi connectivity index (χ2v) is 7.76. The normalized spacial score (nSPS) is 11.8. The van der Waals surface area contributed by atoms with Gasteiger partial charge in [-0.05, 0) is 49.6 Å². The summed E-state index contributed by atoms with van der Waals surface area (Å²) in [5.41, 5.74) is 5.07. The maximum Gasteiger partial charge on any atom is 0.262 e. The lowest BCUT2D eigenvalue weighted by molar-refractivity contribution is -0.117. The van der Waals surface area contributed by atoms with E-state index in [-0.39, 0.29) is 12.1 Å². The molecule has 1 aromatic carbocycles. The number of carbonyl (C=O) groups excluding carboxylic acids is 1.